The Kier molecular flexibility index (Phi) is 6.85. The quantitative estimate of drug-likeness (QED) is 0.436. The number of likely N-dealkylation sites (N-methyl/N-ethyl adjacent to an activating group) is 1. The van der Waals surface area contributed by atoms with Crippen LogP contribution in [0.25, 0.3) is 11.3 Å². The Morgan fingerprint density at radius 3 is 2.39 bits per heavy atom. The van der Waals surface area contributed by atoms with Crippen LogP contribution in [0.15, 0.2) is 73.2 Å². The van der Waals surface area contributed by atoms with Crippen molar-refractivity contribution in [2.45, 2.75) is 6.92 Å². The van der Waals surface area contributed by atoms with Gasteiger partial charge in [-0.1, -0.05) is 0 Å². The molecule has 5 rings (SSSR count). The number of hydrogen-bond acceptors (Lipinski definition) is 6. The molecule has 0 atom stereocenters. The minimum absolute atomic E-state index is 0.0489. The van der Waals surface area contributed by atoms with Gasteiger partial charge in [0.25, 0.3) is 5.91 Å². The van der Waals surface area contributed by atoms with Crippen LogP contribution in [0.5, 0.6) is 11.5 Å². The predicted molar refractivity (Wildman–Crippen MR) is 145 cm³/mol. The van der Waals surface area contributed by atoms with Gasteiger partial charge in [-0.25, -0.2) is 4.39 Å². The first-order valence-corrected chi connectivity index (χ1v) is 12.1. The van der Waals surface area contributed by atoms with Crippen LogP contribution >= 0.6 is 0 Å². The van der Waals surface area contributed by atoms with Crippen molar-refractivity contribution in [3.63, 3.8) is 0 Å². The number of amides is 2. The first-order chi connectivity index (χ1) is 18.3. The van der Waals surface area contributed by atoms with E-state index in [2.05, 4.69) is 10.6 Å². The molecular formula is C29H27FN4O4. The number of hydrogen-bond donors (Lipinski definition) is 2. The highest BCUT2D eigenvalue weighted by molar-refractivity contribution is 6.37. The molecule has 38 heavy (non-hydrogen) atoms. The highest BCUT2D eigenvalue weighted by Crippen LogP contribution is 2.40. The largest absolute Gasteiger partial charge is 0.458 e. The van der Waals surface area contributed by atoms with E-state index in [9.17, 15) is 14.0 Å². The normalized spacial score (nSPS) is 14.7. The van der Waals surface area contributed by atoms with Crippen LogP contribution in [0.3, 0.4) is 0 Å². The molecule has 0 bridgehead atoms. The van der Waals surface area contributed by atoms with Crippen LogP contribution in [0.2, 0.25) is 0 Å². The number of halogens is 1. The van der Waals surface area contributed by atoms with Crippen LogP contribution in [0.1, 0.15) is 18.1 Å². The second kappa shape index (κ2) is 10.4. The van der Waals surface area contributed by atoms with Gasteiger partial charge < -0.3 is 29.9 Å². The topological polar surface area (TPSA) is 83.1 Å². The van der Waals surface area contributed by atoms with Gasteiger partial charge >= 0.3 is 0 Å². The second-order valence-corrected chi connectivity index (χ2v) is 9.21. The predicted octanol–water partition coefficient (Wildman–Crippen LogP) is 4.92. The van der Waals surface area contributed by atoms with E-state index >= 15 is 0 Å². The molecule has 0 radical (unpaired) electrons. The van der Waals surface area contributed by atoms with E-state index in [4.69, 9.17) is 9.47 Å². The number of ether oxygens (including phenoxy) is 2. The van der Waals surface area contributed by atoms with Gasteiger partial charge in [-0.15, -0.1) is 0 Å². The number of benzene rings is 3. The van der Waals surface area contributed by atoms with Gasteiger partial charge in [0.05, 0.1) is 17.0 Å². The van der Waals surface area contributed by atoms with E-state index in [0.717, 1.165) is 12.2 Å². The van der Waals surface area contributed by atoms with Gasteiger partial charge in [0.2, 0.25) is 5.91 Å². The Hall–Kier alpha value is -4.63. The van der Waals surface area contributed by atoms with E-state index < -0.39 is 5.82 Å². The first kappa shape index (κ1) is 25.0. The fourth-order valence-corrected chi connectivity index (χ4v) is 4.36. The summed E-state index contributed by atoms with van der Waals surface area (Å²) in [4.78, 5) is 29.1. The number of anilines is 3. The van der Waals surface area contributed by atoms with Crippen LogP contribution in [0, 0.1) is 5.82 Å². The Morgan fingerprint density at radius 2 is 1.68 bits per heavy atom. The molecule has 2 aliphatic rings. The average Bonchev–Trinajstić information content (AvgIpc) is 3.22. The van der Waals surface area contributed by atoms with E-state index in [0.29, 0.717) is 51.8 Å². The van der Waals surface area contributed by atoms with Crippen LogP contribution < -0.4 is 25.0 Å². The van der Waals surface area contributed by atoms with Gasteiger partial charge in [-0.2, -0.15) is 0 Å². The van der Waals surface area contributed by atoms with Gasteiger partial charge in [0.15, 0.2) is 11.5 Å². The lowest BCUT2D eigenvalue weighted by Gasteiger charge is -2.23. The van der Waals surface area contributed by atoms with Gasteiger partial charge in [-0.05, 0) is 74.8 Å². The minimum atomic E-state index is -0.439. The zero-order chi connectivity index (χ0) is 26.8. The molecule has 2 N–H and O–H groups in total. The Bertz CT molecular complexity index is 1460. The van der Waals surface area contributed by atoms with E-state index in [-0.39, 0.29) is 11.8 Å². The van der Waals surface area contributed by atoms with Gasteiger partial charge in [0, 0.05) is 42.5 Å². The molecule has 0 saturated carbocycles. The Balaban J connectivity index is 1.54. The van der Waals surface area contributed by atoms with Gasteiger partial charge in [-0.3, -0.25) is 9.59 Å². The fourth-order valence-electron chi connectivity index (χ4n) is 4.36. The third-order valence-electron chi connectivity index (χ3n) is 6.25. The second-order valence-electron chi connectivity index (χ2n) is 9.21. The van der Waals surface area contributed by atoms with Gasteiger partial charge in [0.1, 0.15) is 18.3 Å². The number of rotatable bonds is 7. The lowest BCUT2D eigenvalue weighted by molar-refractivity contribution is -0.116. The minimum Gasteiger partial charge on any atom is -0.458 e. The summed E-state index contributed by atoms with van der Waals surface area (Å²) in [7, 11) is 3.92. The molecule has 194 valence electrons. The molecule has 0 unspecified atom stereocenters. The van der Waals surface area contributed by atoms with E-state index in [1.54, 1.807) is 30.0 Å². The summed E-state index contributed by atoms with van der Waals surface area (Å²) in [6.07, 6.45) is 2.88. The number of nitrogens with zero attached hydrogens (tertiary/aromatic N) is 2. The third-order valence-corrected chi connectivity index (χ3v) is 6.25. The highest BCUT2D eigenvalue weighted by atomic mass is 19.1. The van der Waals surface area contributed by atoms with Crippen LogP contribution in [-0.4, -0.2) is 43.9 Å². The van der Waals surface area contributed by atoms with Crippen molar-refractivity contribution >= 4 is 40.1 Å². The van der Waals surface area contributed by atoms with Crippen molar-refractivity contribution in [1.29, 1.82) is 0 Å². The summed E-state index contributed by atoms with van der Waals surface area (Å²) in [5.74, 6) is 0.199. The van der Waals surface area contributed by atoms with Crippen LogP contribution in [0.4, 0.5) is 21.5 Å². The first-order valence-electron chi connectivity index (χ1n) is 12.1. The summed E-state index contributed by atoms with van der Waals surface area (Å²) >= 11 is 0. The SMILES string of the molecule is CC(=O)N(CCN(C)C)c1ccc(N/C(=C2\C(=O)Nc3cc(F)ccc32)c2ccc3c(c2)OC=CO3)cc1. The third kappa shape index (κ3) is 5.09. The molecule has 0 saturated heterocycles. The maximum absolute atomic E-state index is 13.9. The van der Waals surface area contributed by atoms with Crippen LogP contribution in [-0.2, 0) is 9.59 Å². The molecule has 2 aliphatic heterocycles. The Labute approximate surface area is 220 Å². The smallest absolute Gasteiger partial charge is 0.258 e. The molecular weight excluding hydrogens is 487 g/mol. The highest BCUT2D eigenvalue weighted by Gasteiger charge is 2.29. The Morgan fingerprint density at radius 1 is 0.947 bits per heavy atom. The fraction of sp³-hybridized carbons (Fsp3) is 0.172. The maximum atomic E-state index is 13.9. The van der Waals surface area contributed by atoms with E-state index in [1.807, 2.05) is 49.3 Å². The van der Waals surface area contributed by atoms with Crippen molar-refractivity contribution in [3.8, 4) is 11.5 Å². The summed E-state index contributed by atoms with van der Waals surface area (Å²) in [6.45, 7) is 2.83. The molecule has 3 aromatic carbocycles. The summed E-state index contributed by atoms with van der Waals surface area (Å²) < 4.78 is 25.0. The average molecular weight is 515 g/mol. The van der Waals surface area contributed by atoms with Crippen molar-refractivity contribution in [1.82, 2.24) is 4.90 Å². The van der Waals surface area contributed by atoms with Crippen molar-refractivity contribution in [3.05, 3.63) is 90.1 Å². The van der Waals surface area contributed by atoms with Crippen molar-refractivity contribution < 1.29 is 23.5 Å². The molecule has 0 spiro atoms. The molecule has 9 heteroatoms. The number of carbonyl (C=O) groups is 2. The molecule has 3 aromatic rings. The summed E-state index contributed by atoms with van der Waals surface area (Å²) in [6, 6.07) is 17.0. The standard InChI is InChI=1S/C29H27FN4O4/c1-18(35)34(13-12-33(2)3)22-8-6-21(7-9-22)31-28(19-4-11-25-26(16-19)38-15-14-37-25)27-23-10-5-20(30)17-24(23)32-29(27)36/h4-11,14-17,31H,12-13H2,1-3H3,(H,32,36)/b28-27-. The lowest BCUT2D eigenvalue weighted by Crippen LogP contribution is -2.35. The molecule has 8 nitrogen and oxygen atoms in total. The number of fused-ring (bicyclic) bond motifs is 2. The molecule has 0 aliphatic carbocycles. The maximum Gasteiger partial charge on any atom is 0.258 e. The monoisotopic (exact) mass is 514 g/mol. The number of nitrogens with one attached hydrogen (secondary N) is 2. The lowest BCUT2D eigenvalue weighted by atomic mass is 9.99. The summed E-state index contributed by atoms with van der Waals surface area (Å²) in [5, 5.41) is 6.13. The molecule has 0 fully saturated rings. The zero-order valence-corrected chi connectivity index (χ0v) is 21.2. The molecule has 2 heterocycles. The van der Waals surface area contributed by atoms with Crippen molar-refractivity contribution in [2.75, 3.05) is 42.7 Å². The number of carbonyl (C=O) groups excluding carboxylic acids is 2. The van der Waals surface area contributed by atoms with Crippen molar-refractivity contribution in [2.24, 2.45) is 0 Å². The zero-order valence-electron chi connectivity index (χ0n) is 21.2. The molecule has 2 amide bonds. The molecule has 0 aromatic heterocycles. The summed E-state index contributed by atoms with van der Waals surface area (Å²) in [5.41, 5.74) is 4.00. The van der Waals surface area contributed by atoms with E-state index in [1.165, 1.54) is 24.7 Å².